The number of aromatic nitrogens is 2. The number of carbonyl (C=O) groups excluding carboxylic acids is 2. The number of aromatic hydroxyl groups is 2. The van der Waals surface area contributed by atoms with Gasteiger partial charge in [0, 0.05) is 32.9 Å². The van der Waals surface area contributed by atoms with Gasteiger partial charge in [-0.25, -0.2) is 9.97 Å². The Labute approximate surface area is 301 Å². The van der Waals surface area contributed by atoms with E-state index in [9.17, 15) is 29.4 Å². The standard InChI is InChI=1S/2C19H16N2O5.H2O/c2*1-11-15-9-13(26-12-5-3-2-4-6-12)7-8-14(15)18(24)17(21-11)19(25)20-10-16(22)23;/h2*2-9,24H,10H2,1H3,(H,20,25)(H,22,23);1H2. The molecule has 0 atom stereocenters. The van der Waals surface area contributed by atoms with E-state index in [1.807, 2.05) is 60.7 Å². The van der Waals surface area contributed by atoms with E-state index in [1.165, 1.54) is 0 Å². The first-order chi connectivity index (χ1) is 24.9. The fraction of sp³-hybridized carbons (Fsp3) is 0.105. The van der Waals surface area contributed by atoms with Crippen molar-refractivity contribution in [3.63, 3.8) is 0 Å². The Bertz CT molecular complexity index is 2140. The van der Waals surface area contributed by atoms with Crippen molar-refractivity contribution < 1.29 is 54.6 Å². The average molecular weight is 723 g/mol. The lowest BCUT2D eigenvalue weighted by atomic mass is 10.1. The molecule has 272 valence electrons. The van der Waals surface area contributed by atoms with Gasteiger partial charge >= 0.3 is 11.9 Å². The van der Waals surface area contributed by atoms with Gasteiger partial charge in [-0.05, 0) is 74.5 Å². The number of para-hydroxylation sites is 2. The molecule has 0 unspecified atom stereocenters. The van der Waals surface area contributed by atoms with Gasteiger partial charge in [-0.3, -0.25) is 19.2 Å². The quantitative estimate of drug-likeness (QED) is 0.111. The Morgan fingerprint density at radius 1 is 0.547 bits per heavy atom. The lowest BCUT2D eigenvalue weighted by Crippen LogP contribution is -2.30. The SMILES string of the molecule is Cc1nc(C(=O)NCC(=O)O)c(O)c2ccc(Oc3ccccc3)cc12.Cc1nc(C(=O)NCC(=O)O)c(O)c2ccc(Oc3ccccc3)cc12.O. The van der Waals surface area contributed by atoms with Gasteiger partial charge in [-0.2, -0.15) is 0 Å². The minimum atomic E-state index is -1.18. The Balaban J connectivity index is 0.000000232. The molecule has 0 aliphatic carbocycles. The number of hydrogen-bond donors (Lipinski definition) is 6. The Kier molecular flexibility index (Phi) is 12.4. The molecule has 0 aliphatic heterocycles. The van der Waals surface area contributed by atoms with E-state index in [2.05, 4.69) is 20.6 Å². The second-order valence-electron chi connectivity index (χ2n) is 11.2. The highest BCUT2D eigenvalue weighted by Crippen LogP contribution is 2.35. The van der Waals surface area contributed by atoms with Crippen molar-refractivity contribution in [2.24, 2.45) is 0 Å². The molecule has 15 heteroatoms. The van der Waals surface area contributed by atoms with Crippen molar-refractivity contribution in [1.82, 2.24) is 20.6 Å². The van der Waals surface area contributed by atoms with Crippen LogP contribution in [0.4, 0.5) is 0 Å². The van der Waals surface area contributed by atoms with Crippen LogP contribution in [0.3, 0.4) is 0 Å². The molecule has 8 N–H and O–H groups in total. The minimum Gasteiger partial charge on any atom is -0.505 e. The third-order valence-corrected chi connectivity index (χ3v) is 7.47. The highest BCUT2D eigenvalue weighted by Gasteiger charge is 2.20. The summed E-state index contributed by atoms with van der Waals surface area (Å²) in [6, 6.07) is 28.6. The van der Waals surface area contributed by atoms with Gasteiger partial charge in [-0.15, -0.1) is 0 Å². The molecule has 2 aromatic heterocycles. The molecule has 0 fully saturated rings. The molecule has 0 bridgehead atoms. The first kappa shape index (κ1) is 38.5. The maximum atomic E-state index is 12.1. The summed E-state index contributed by atoms with van der Waals surface area (Å²) in [6.07, 6.45) is 0. The highest BCUT2D eigenvalue weighted by atomic mass is 16.5. The predicted octanol–water partition coefficient (Wildman–Crippen LogP) is 4.89. The van der Waals surface area contributed by atoms with Gasteiger partial charge in [0.05, 0.1) is 0 Å². The zero-order valence-corrected chi connectivity index (χ0v) is 28.3. The molecule has 2 amide bonds. The number of hydrogen-bond acceptors (Lipinski definition) is 10. The van der Waals surface area contributed by atoms with E-state index in [0.29, 0.717) is 55.9 Å². The van der Waals surface area contributed by atoms with Gasteiger partial charge in [0.2, 0.25) is 0 Å². The number of ether oxygens (including phenoxy) is 2. The lowest BCUT2D eigenvalue weighted by molar-refractivity contribution is -0.136. The summed E-state index contributed by atoms with van der Waals surface area (Å²) in [6.45, 7) is 2.28. The molecule has 4 aromatic carbocycles. The molecule has 0 aliphatic rings. The summed E-state index contributed by atoms with van der Waals surface area (Å²) in [5, 5.41) is 44.5. The molecule has 0 spiro atoms. The molecule has 6 aromatic rings. The monoisotopic (exact) mass is 722 g/mol. The van der Waals surface area contributed by atoms with Gasteiger partial charge in [0.1, 0.15) is 36.1 Å². The first-order valence-electron chi connectivity index (χ1n) is 15.6. The third-order valence-electron chi connectivity index (χ3n) is 7.47. The van der Waals surface area contributed by atoms with Crippen molar-refractivity contribution in [2.45, 2.75) is 13.8 Å². The van der Waals surface area contributed by atoms with E-state index in [4.69, 9.17) is 19.7 Å². The van der Waals surface area contributed by atoms with Crippen LogP contribution in [0, 0.1) is 13.8 Å². The van der Waals surface area contributed by atoms with Crippen LogP contribution in [0.2, 0.25) is 0 Å². The smallest absolute Gasteiger partial charge is 0.322 e. The van der Waals surface area contributed by atoms with Gasteiger partial charge in [0.25, 0.3) is 11.8 Å². The molecule has 0 saturated carbocycles. The van der Waals surface area contributed by atoms with Crippen molar-refractivity contribution in [3.05, 3.63) is 120 Å². The Morgan fingerprint density at radius 3 is 1.25 bits per heavy atom. The Hall–Kier alpha value is -7.26. The van der Waals surface area contributed by atoms with Crippen LogP contribution >= 0.6 is 0 Å². The summed E-state index contributed by atoms with van der Waals surface area (Å²) < 4.78 is 11.5. The van der Waals surface area contributed by atoms with Crippen LogP contribution in [0.5, 0.6) is 34.5 Å². The number of fused-ring (bicyclic) bond motifs is 2. The zero-order valence-electron chi connectivity index (χ0n) is 28.3. The van der Waals surface area contributed by atoms with Crippen LogP contribution in [-0.4, -0.2) is 72.7 Å². The largest absolute Gasteiger partial charge is 0.505 e. The maximum absolute atomic E-state index is 12.1. The molecule has 6 rings (SSSR count). The summed E-state index contributed by atoms with van der Waals surface area (Å²) in [5.41, 5.74) is 0.592. The summed E-state index contributed by atoms with van der Waals surface area (Å²) in [5.74, 6) is -2.00. The molecule has 0 saturated heterocycles. The number of carbonyl (C=O) groups is 4. The van der Waals surface area contributed by atoms with Crippen LogP contribution in [0.15, 0.2) is 97.1 Å². The average Bonchev–Trinajstić information content (AvgIpc) is 3.13. The number of pyridine rings is 2. The van der Waals surface area contributed by atoms with E-state index in [0.717, 1.165) is 0 Å². The van der Waals surface area contributed by atoms with Crippen LogP contribution in [0.1, 0.15) is 32.4 Å². The minimum absolute atomic E-state index is 0. The molecule has 2 heterocycles. The Morgan fingerprint density at radius 2 is 0.906 bits per heavy atom. The number of rotatable bonds is 10. The second kappa shape index (κ2) is 17.1. The lowest BCUT2D eigenvalue weighted by Gasteiger charge is -2.12. The van der Waals surface area contributed by atoms with E-state index >= 15 is 0 Å². The summed E-state index contributed by atoms with van der Waals surface area (Å²) in [7, 11) is 0. The van der Waals surface area contributed by atoms with Gasteiger partial charge in [0.15, 0.2) is 22.9 Å². The fourth-order valence-corrected chi connectivity index (χ4v) is 5.05. The van der Waals surface area contributed by atoms with Crippen molar-refractivity contribution in [2.75, 3.05) is 13.1 Å². The number of amides is 2. The number of nitrogens with zero attached hydrogens (tertiary/aromatic N) is 2. The van der Waals surface area contributed by atoms with Gasteiger partial charge < -0.3 is 46.0 Å². The normalized spacial score (nSPS) is 10.3. The van der Waals surface area contributed by atoms with E-state index in [1.54, 1.807) is 50.2 Å². The topological polar surface area (TPSA) is 249 Å². The highest BCUT2D eigenvalue weighted by molar-refractivity contribution is 6.04. The molecule has 15 nitrogen and oxygen atoms in total. The van der Waals surface area contributed by atoms with Crippen LogP contribution in [0.25, 0.3) is 21.5 Å². The number of aryl methyl sites for hydroxylation is 2. The van der Waals surface area contributed by atoms with Crippen LogP contribution in [-0.2, 0) is 9.59 Å². The van der Waals surface area contributed by atoms with E-state index in [-0.39, 0.29) is 28.4 Å². The van der Waals surface area contributed by atoms with Crippen molar-refractivity contribution >= 4 is 45.3 Å². The number of carboxylic acid groups (broad SMARTS) is 2. The fourth-order valence-electron chi connectivity index (χ4n) is 5.05. The maximum Gasteiger partial charge on any atom is 0.322 e. The summed E-state index contributed by atoms with van der Waals surface area (Å²) >= 11 is 0. The molecular formula is C38H34N4O11. The molecule has 0 radical (unpaired) electrons. The molecular weight excluding hydrogens is 688 g/mol. The van der Waals surface area contributed by atoms with Crippen molar-refractivity contribution in [3.8, 4) is 34.5 Å². The number of carboxylic acids is 2. The van der Waals surface area contributed by atoms with Gasteiger partial charge in [-0.1, -0.05) is 36.4 Å². The number of nitrogens with one attached hydrogen (secondary N) is 2. The predicted molar refractivity (Wildman–Crippen MR) is 193 cm³/mol. The number of benzene rings is 4. The zero-order chi connectivity index (χ0) is 37.4. The van der Waals surface area contributed by atoms with Crippen molar-refractivity contribution in [1.29, 1.82) is 0 Å². The number of aliphatic carboxylic acids is 2. The first-order valence-corrected chi connectivity index (χ1v) is 15.6. The second-order valence-corrected chi connectivity index (χ2v) is 11.2. The third kappa shape index (κ3) is 9.50. The molecule has 53 heavy (non-hydrogen) atoms. The van der Waals surface area contributed by atoms with Crippen LogP contribution < -0.4 is 20.1 Å². The summed E-state index contributed by atoms with van der Waals surface area (Å²) in [4.78, 5) is 53.5. The van der Waals surface area contributed by atoms with E-state index < -0.39 is 36.8 Å².